The van der Waals surface area contributed by atoms with E-state index in [-0.39, 0.29) is 17.7 Å². The molecule has 0 fully saturated rings. The predicted molar refractivity (Wildman–Crippen MR) is 85.9 cm³/mol. The van der Waals surface area contributed by atoms with Crippen LogP contribution < -0.4 is 10.1 Å². The number of nitrogens with one attached hydrogen (secondary N) is 1. The molecule has 2 aromatic rings. The fourth-order valence-corrected chi connectivity index (χ4v) is 2.11. The SMILES string of the molecule is COC(=O)[C@@H](Cc1ccc(OC)nc1)NC(=O)c1cccc(O)c1. The largest absolute Gasteiger partial charge is 0.508 e. The van der Waals surface area contributed by atoms with Crippen LogP contribution in [0.5, 0.6) is 11.6 Å². The van der Waals surface area contributed by atoms with Crippen LogP contribution in [0.2, 0.25) is 0 Å². The summed E-state index contributed by atoms with van der Waals surface area (Å²) in [5, 5.41) is 12.0. The van der Waals surface area contributed by atoms with Crippen LogP contribution in [-0.2, 0) is 16.0 Å². The summed E-state index contributed by atoms with van der Waals surface area (Å²) in [7, 11) is 2.76. The Morgan fingerprint density at radius 3 is 2.62 bits per heavy atom. The molecular weight excluding hydrogens is 312 g/mol. The minimum atomic E-state index is -0.875. The molecule has 1 aromatic heterocycles. The van der Waals surface area contributed by atoms with E-state index in [2.05, 4.69) is 10.3 Å². The van der Waals surface area contributed by atoms with E-state index in [0.717, 1.165) is 5.56 Å². The van der Waals surface area contributed by atoms with Crippen LogP contribution >= 0.6 is 0 Å². The van der Waals surface area contributed by atoms with Gasteiger partial charge in [0, 0.05) is 24.2 Å². The summed E-state index contributed by atoms with van der Waals surface area (Å²) in [6, 6.07) is 8.41. The molecule has 0 saturated carbocycles. The second-order valence-corrected chi connectivity index (χ2v) is 5.01. The molecule has 2 N–H and O–H groups in total. The molecule has 24 heavy (non-hydrogen) atoms. The zero-order valence-electron chi connectivity index (χ0n) is 13.4. The Morgan fingerprint density at radius 2 is 2.04 bits per heavy atom. The van der Waals surface area contributed by atoms with E-state index < -0.39 is 17.9 Å². The molecule has 0 spiro atoms. The molecule has 0 aliphatic rings. The molecule has 126 valence electrons. The number of aromatic nitrogens is 1. The number of esters is 1. The van der Waals surface area contributed by atoms with Crippen LogP contribution in [0.15, 0.2) is 42.6 Å². The van der Waals surface area contributed by atoms with Crippen molar-refractivity contribution in [3.63, 3.8) is 0 Å². The van der Waals surface area contributed by atoms with Crippen molar-refractivity contribution in [3.05, 3.63) is 53.7 Å². The van der Waals surface area contributed by atoms with Crippen molar-refractivity contribution >= 4 is 11.9 Å². The number of phenols is 1. The van der Waals surface area contributed by atoms with Gasteiger partial charge in [0.1, 0.15) is 11.8 Å². The number of hydrogen-bond donors (Lipinski definition) is 2. The lowest BCUT2D eigenvalue weighted by atomic mass is 10.1. The van der Waals surface area contributed by atoms with Gasteiger partial charge in [0.25, 0.3) is 5.91 Å². The number of nitrogens with zero attached hydrogens (tertiary/aromatic N) is 1. The minimum Gasteiger partial charge on any atom is -0.508 e. The zero-order valence-corrected chi connectivity index (χ0v) is 13.4. The first-order chi connectivity index (χ1) is 11.5. The second kappa shape index (κ2) is 7.96. The average molecular weight is 330 g/mol. The van der Waals surface area contributed by atoms with Crippen LogP contribution in [0.3, 0.4) is 0 Å². The Bertz CT molecular complexity index is 715. The van der Waals surface area contributed by atoms with E-state index in [1.54, 1.807) is 30.5 Å². The average Bonchev–Trinajstić information content (AvgIpc) is 2.61. The maximum Gasteiger partial charge on any atom is 0.328 e. The highest BCUT2D eigenvalue weighted by atomic mass is 16.5. The number of benzene rings is 1. The molecule has 1 amide bonds. The summed E-state index contributed by atoms with van der Waals surface area (Å²) >= 11 is 0. The van der Waals surface area contributed by atoms with Crippen LogP contribution in [0.1, 0.15) is 15.9 Å². The highest BCUT2D eigenvalue weighted by molar-refractivity contribution is 5.97. The number of hydrogen-bond acceptors (Lipinski definition) is 6. The van der Waals surface area contributed by atoms with Crippen molar-refractivity contribution in [1.29, 1.82) is 0 Å². The molecule has 1 atom stereocenters. The summed E-state index contributed by atoms with van der Waals surface area (Å²) in [5.74, 6) is -0.629. The van der Waals surface area contributed by atoms with Gasteiger partial charge >= 0.3 is 5.97 Å². The number of amides is 1. The Kier molecular flexibility index (Phi) is 5.73. The molecule has 0 bridgehead atoms. The van der Waals surface area contributed by atoms with E-state index in [1.165, 1.54) is 26.4 Å². The topological polar surface area (TPSA) is 97.8 Å². The van der Waals surface area contributed by atoms with Gasteiger partial charge in [-0.1, -0.05) is 12.1 Å². The highest BCUT2D eigenvalue weighted by Gasteiger charge is 2.23. The molecule has 7 nitrogen and oxygen atoms in total. The Balaban J connectivity index is 2.12. The van der Waals surface area contributed by atoms with Crippen LogP contribution in [0.4, 0.5) is 0 Å². The van der Waals surface area contributed by atoms with E-state index in [4.69, 9.17) is 9.47 Å². The third-order valence-corrected chi connectivity index (χ3v) is 3.35. The van der Waals surface area contributed by atoms with Gasteiger partial charge in [0.2, 0.25) is 5.88 Å². The van der Waals surface area contributed by atoms with Crippen LogP contribution in [-0.4, -0.2) is 42.2 Å². The number of carbonyl (C=O) groups is 2. The molecule has 7 heteroatoms. The van der Waals surface area contributed by atoms with Crippen molar-refractivity contribution in [2.24, 2.45) is 0 Å². The predicted octanol–water partition coefficient (Wildman–Crippen LogP) is 1.31. The third-order valence-electron chi connectivity index (χ3n) is 3.35. The number of pyridine rings is 1. The Hall–Kier alpha value is -3.09. The van der Waals surface area contributed by atoms with Crippen molar-refractivity contribution in [3.8, 4) is 11.6 Å². The summed E-state index contributed by atoms with van der Waals surface area (Å²) in [6.45, 7) is 0. The number of carbonyl (C=O) groups excluding carboxylic acids is 2. The minimum absolute atomic E-state index is 0.0309. The van der Waals surface area contributed by atoms with Gasteiger partial charge in [0.05, 0.1) is 14.2 Å². The van der Waals surface area contributed by atoms with E-state index in [1.807, 2.05) is 0 Å². The van der Waals surface area contributed by atoms with Crippen molar-refractivity contribution in [2.75, 3.05) is 14.2 Å². The number of aromatic hydroxyl groups is 1. The van der Waals surface area contributed by atoms with Gasteiger partial charge in [-0.2, -0.15) is 0 Å². The molecule has 0 unspecified atom stereocenters. The van der Waals surface area contributed by atoms with Gasteiger partial charge in [-0.25, -0.2) is 9.78 Å². The lowest BCUT2D eigenvalue weighted by Gasteiger charge is -2.16. The van der Waals surface area contributed by atoms with Crippen LogP contribution in [0, 0.1) is 0 Å². The maximum atomic E-state index is 12.3. The lowest BCUT2D eigenvalue weighted by molar-refractivity contribution is -0.142. The number of methoxy groups -OCH3 is 2. The Labute approximate surface area is 139 Å². The molecule has 0 aliphatic carbocycles. The molecule has 1 heterocycles. The second-order valence-electron chi connectivity index (χ2n) is 5.01. The molecule has 1 aromatic carbocycles. The first-order valence-electron chi connectivity index (χ1n) is 7.20. The van der Waals surface area contributed by atoms with Crippen molar-refractivity contribution < 1.29 is 24.2 Å². The summed E-state index contributed by atoms with van der Waals surface area (Å²) in [6.07, 6.45) is 1.78. The molecule has 0 aliphatic heterocycles. The smallest absolute Gasteiger partial charge is 0.328 e. The fourth-order valence-electron chi connectivity index (χ4n) is 2.11. The first-order valence-corrected chi connectivity index (χ1v) is 7.20. The van der Waals surface area contributed by atoms with Gasteiger partial charge in [-0.3, -0.25) is 4.79 Å². The van der Waals surface area contributed by atoms with E-state index in [0.29, 0.717) is 5.88 Å². The number of phenolic OH excluding ortho intramolecular Hbond substituents is 1. The highest BCUT2D eigenvalue weighted by Crippen LogP contribution is 2.13. The third kappa shape index (κ3) is 4.45. The van der Waals surface area contributed by atoms with Gasteiger partial charge in [0.15, 0.2) is 0 Å². The number of rotatable bonds is 6. The van der Waals surface area contributed by atoms with Gasteiger partial charge in [-0.05, 0) is 23.8 Å². The normalized spacial score (nSPS) is 11.4. The fraction of sp³-hybridized carbons (Fsp3) is 0.235. The van der Waals surface area contributed by atoms with E-state index in [9.17, 15) is 14.7 Å². The summed E-state index contributed by atoms with van der Waals surface area (Å²) in [4.78, 5) is 28.3. The Morgan fingerprint density at radius 1 is 1.25 bits per heavy atom. The van der Waals surface area contributed by atoms with Gasteiger partial charge in [-0.15, -0.1) is 0 Å². The zero-order chi connectivity index (χ0) is 17.5. The standard InChI is InChI=1S/C17H18N2O5/c1-23-15-7-6-11(10-18-15)8-14(17(22)24-2)19-16(21)12-4-3-5-13(20)9-12/h3-7,9-10,14,20H,8H2,1-2H3,(H,19,21)/t14-/m1/s1. The number of ether oxygens (including phenoxy) is 2. The van der Waals surface area contributed by atoms with Gasteiger partial charge < -0.3 is 19.9 Å². The van der Waals surface area contributed by atoms with Crippen LogP contribution in [0.25, 0.3) is 0 Å². The maximum absolute atomic E-state index is 12.3. The first kappa shape index (κ1) is 17.3. The molecule has 2 rings (SSSR count). The quantitative estimate of drug-likeness (QED) is 0.775. The molecule has 0 saturated heterocycles. The molecular formula is C17H18N2O5. The summed E-state index contributed by atoms with van der Waals surface area (Å²) in [5.41, 5.74) is 0.985. The molecule has 0 radical (unpaired) electrons. The van der Waals surface area contributed by atoms with Crippen molar-refractivity contribution in [1.82, 2.24) is 10.3 Å². The lowest BCUT2D eigenvalue weighted by Crippen LogP contribution is -2.43. The van der Waals surface area contributed by atoms with Crippen molar-refractivity contribution in [2.45, 2.75) is 12.5 Å². The summed E-state index contributed by atoms with van der Waals surface area (Å²) < 4.78 is 9.72. The van der Waals surface area contributed by atoms with E-state index >= 15 is 0 Å². The monoisotopic (exact) mass is 330 g/mol.